The maximum Gasteiger partial charge on any atom is 0.314 e. The molecule has 23 heavy (non-hydrogen) atoms. The third-order valence-corrected chi connectivity index (χ3v) is 4.04. The predicted molar refractivity (Wildman–Crippen MR) is 92.6 cm³/mol. The molecule has 2 aromatic carbocycles. The number of anilines is 2. The molecule has 0 aliphatic rings. The minimum Gasteiger partial charge on any atom is -0.318 e. The first kappa shape index (κ1) is 16.9. The SMILES string of the molecule is CC(=O)c1cccc(NC(=O)C(=O)Nc2ccc(Br)c(C)c2)c1. The summed E-state index contributed by atoms with van der Waals surface area (Å²) in [4.78, 5) is 35.2. The van der Waals surface area contributed by atoms with Crippen molar-refractivity contribution in [2.45, 2.75) is 13.8 Å². The number of hydrogen-bond donors (Lipinski definition) is 2. The monoisotopic (exact) mass is 374 g/mol. The zero-order valence-corrected chi connectivity index (χ0v) is 14.2. The van der Waals surface area contributed by atoms with Crippen LogP contribution in [-0.4, -0.2) is 17.6 Å². The second-order valence-corrected chi connectivity index (χ2v) is 5.86. The quantitative estimate of drug-likeness (QED) is 0.637. The minimum absolute atomic E-state index is 0.115. The second-order valence-electron chi connectivity index (χ2n) is 5.01. The molecule has 2 rings (SSSR count). The molecule has 0 aromatic heterocycles. The van der Waals surface area contributed by atoms with Crippen LogP contribution in [0.4, 0.5) is 11.4 Å². The van der Waals surface area contributed by atoms with Gasteiger partial charge in [0, 0.05) is 21.4 Å². The van der Waals surface area contributed by atoms with E-state index in [-0.39, 0.29) is 5.78 Å². The summed E-state index contributed by atoms with van der Waals surface area (Å²) >= 11 is 3.37. The van der Waals surface area contributed by atoms with Gasteiger partial charge in [0.25, 0.3) is 0 Å². The summed E-state index contributed by atoms with van der Waals surface area (Å²) in [6.45, 7) is 3.32. The molecule has 2 N–H and O–H groups in total. The van der Waals surface area contributed by atoms with Gasteiger partial charge in [-0.2, -0.15) is 0 Å². The van der Waals surface area contributed by atoms with E-state index >= 15 is 0 Å². The summed E-state index contributed by atoms with van der Waals surface area (Å²) in [6, 6.07) is 11.7. The number of aryl methyl sites for hydroxylation is 1. The topological polar surface area (TPSA) is 75.3 Å². The smallest absolute Gasteiger partial charge is 0.314 e. The molecule has 0 aliphatic carbocycles. The van der Waals surface area contributed by atoms with Crippen molar-refractivity contribution >= 4 is 44.9 Å². The third-order valence-electron chi connectivity index (χ3n) is 3.15. The van der Waals surface area contributed by atoms with Crippen molar-refractivity contribution in [1.82, 2.24) is 0 Å². The third kappa shape index (κ3) is 4.50. The molecule has 0 aliphatic heterocycles. The molecule has 2 amide bonds. The van der Waals surface area contributed by atoms with Gasteiger partial charge in [-0.3, -0.25) is 14.4 Å². The van der Waals surface area contributed by atoms with E-state index in [2.05, 4.69) is 26.6 Å². The molecule has 0 bridgehead atoms. The lowest BCUT2D eigenvalue weighted by Gasteiger charge is -2.08. The van der Waals surface area contributed by atoms with Crippen molar-refractivity contribution in [3.8, 4) is 0 Å². The summed E-state index contributed by atoms with van der Waals surface area (Å²) in [5, 5.41) is 5.00. The molecule has 0 saturated carbocycles. The summed E-state index contributed by atoms with van der Waals surface area (Å²) in [5.41, 5.74) is 2.33. The van der Waals surface area contributed by atoms with Gasteiger partial charge in [0.15, 0.2) is 5.78 Å². The molecule has 0 unspecified atom stereocenters. The van der Waals surface area contributed by atoms with Crippen LogP contribution in [0.2, 0.25) is 0 Å². The number of halogens is 1. The van der Waals surface area contributed by atoms with Crippen LogP contribution in [0.5, 0.6) is 0 Å². The molecule has 0 heterocycles. The van der Waals surface area contributed by atoms with Gasteiger partial charge >= 0.3 is 11.8 Å². The number of ketones is 1. The van der Waals surface area contributed by atoms with Gasteiger partial charge in [0.2, 0.25) is 0 Å². The van der Waals surface area contributed by atoms with Crippen molar-refractivity contribution in [3.05, 3.63) is 58.1 Å². The standard InChI is InChI=1S/C17H15BrN2O3/c1-10-8-14(6-7-15(10)18)20-17(23)16(22)19-13-5-3-4-12(9-13)11(2)21/h3-9H,1-2H3,(H,19,22)(H,20,23). The first-order chi connectivity index (χ1) is 10.9. The Balaban J connectivity index is 2.05. The van der Waals surface area contributed by atoms with Gasteiger partial charge in [-0.1, -0.05) is 28.1 Å². The fourth-order valence-electron chi connectivity index (χ4n) is 1.91. The molecular weight excluding hydrogens is 360 g/mol. The van der Waals surface area contributed by atoms with Gasteiger partial charge in [-0.25, -0.2) is 0 Å². The number of Topliss-reactive ketones (excluding diaryl/α,β-unsaturated/α-hetero) is 1. The van der Waals surface area contributed by atoms with Crippen molar-refractivity contribution in [2.24, 2.45) is 0 Å². The first-order valence-electron chi connectivity index (χ1n) is 6.86. The van der Waals surface area contributed by atoms with Gasteiger partial charge < -0.3 is 10.6 Å². The molecule has 118 valence electrons. The van der Waals surface area contributed by atoms with Crippen LogP contribution in [0.25, 0.3) is 0 Å². The number of carbonyl (C=O) groups is 3. The maximum absolute atomic E-state index is 11.9. The van der Waals surface area contributed by atoms with Gasteiger partial charge in [-0.15, -0.1) is 0 Å². The van der Waals surface area contributed by atoms with E-state index in [0.717, 1.165) is 10.0 Å². The fraction of sp³-hybridized carbons (Fsp3) is 0.118. The molecule has 5 nitrogen and oxygen atoms in total. The van der Waals surface area contributed by atoms with Crippen LogP contribution in [0.15, 0.2) is 46.9 Å². The number of hydrogen-bond acceptors (Lipinski definition) is 3. The van der Waals surface area contributed by atoms with Crippen LogP contribution in [-0.2, 0) is 9.59 Å². The molecule has 0 fully saturated rings. The Morgan fingerprint density at radius 1 is 0.913 bits per heavy atom. The number of amides is 2. The number of benzene rings is 2. The van der Waals surface area contributed by atoms with Crippen LogP contribution in [0.3, 0.4) is 0 Å². The lowest BCUT2D eigenvalue weighted by molar-refractivity contribution is -0.132. The largest absolute Gasteiger partial charge is 0.318 e. The average molecular weight is 375 g/mol. The van der Waals surface area contributed by atoms with Crippen LogP contribution < -0.4 is 10.6 Å². The van der Waals surface area contributed by atoms with E-state index in [0.29, 0.717) is 16.9 Å². The molecule has 0 spiro atoms. The predicted octanol–water partition coefficient (Wildman–Crippen LogP) is 3.54. The Morgan fingerprint density at radius 2 is 1.52 bits per heavy atom. The normalized spacial score (nSPS) is 10.0. The Hall–Kier alpha value is -2.47. The van der Waals surface area contributed by atoms with Crippen molar-refractivity contribution in [2.75, 3.05) is 10.6 Å². The van der Waals surface area contributed by atoms with Crippen LogP contribution in [0, 0.1) is 6.92 Å². The van der Waals surface area contributed by atoms with Crippen molar-refractivity contribution in [3.63, 3.8) is 0 Å². The highest BCUT2D eigenvalue weighted by Gasteiger charge is 2.14. The Morgan fingerprint density at radius 3 is 2.09 bits per heavy atom. The van der Waals surface area contributed by atoms with Crippen molar-refractivity contribution in [1.29, 1.82) is 0 Å². The number of nitrogens with one attached hydrogen (secondary N) is 2. The highest BCUT2D eigenvalue weighted by atomic mass is 79.9. The van der Waals surface area contributed by atoms with Gasteiger partial charge in [-0.05, 0) is 49.7 Å². The number of carbonyl (C=O) groups excluding carboxylic acids is 3. The van der Waals surface area contributed by atoms with Crippen LogP contribution >= 0.6 is 15.9 Å². The Kier molecular flexibility index (Phi) is 5.28. The Bertz CT molecular complexity index is 787. The lowest BCUT2D eigenvalue weighted by atomic mass is 10.1. The maximum atomic E-state index is 11.9. The van der Waals surface area contributed by atoms with Crippen LogP contribution in [0.1, 0.15) is 22.8 Å². The summed E-state index contributed by atoms with van der Waals surface area (Å²) in [5.74, 6) is -1.69. The lowest BCUT2D eigenvalue weighted by Crippen LogP contribution is -2.29. The van der Waals surface area contributed by atoms with E-state index in [1.165, 1.54) is 13.0 Å². The van der Waals surface area contributed by atoms with E-state index in [1.807, 2.05) is 6.92 Å². The zero-order chi connectivity index (χ0) is 17.0. The molecule has 2 aromatic rings. The highest BCUT2D eigenvalue weighted by Crippen LogP contribution is 2.20. The summed E-state index contributed by atoms with van der Waals surface area (Å²) in [6.07, 6.45) is 0. The summed E-state index contributed by atoms with van der Waals surface area (Å²) in [7, 11) is 0. The zero-order valence-electron chi connectivity index (χ0n) is 12.6. The molecule has 0 saturated heterocycles. The molecule has 6 heteroatoms. The minimum atomic E-state index is -0.800. The van der Waals surface area contributed by atoms with Gasteiger partial charge in [0.05, 0.1) is 0 Å². The van der Waals surface area contributed by atoms with E-state index in [4.69, 9.17) is 0 Å². The molecule has 0 radical (unpaired) electrons. The van der Waals surface area contributed by atoms with E-state index < -0.39 is 11.8 Å². The highest BCUT2D eigenvalue weighted by molar-refractivity contribution is 9.10. The fourth-order valence-corrected chi connectivity index (χ4v) is 2.16. The van der Waals surface area contributed by atoms with Gasteiger partial charge in [0.1, 0.15) is 0 Å². The molecular formula is C17H15BrN2O3. The average Bonchev–Trinajstić information content (AvgIpc) is 2.51. The first-order valence-corrected chi connectivity index (χ1v) is 7.65. The second kappa shape index (κ2) is 7.19. The van der Waals surface area contributed by atoms with E-state index in [9.17, 15) is 14.4 Å². The van der Waals surface area contributed by atoms with Crippen molar-refractivity contribution < 1.29 is 14.4 Å². The Labute approximate surface area is 142 Å². The summed E-state index contributed by atoms with van der Waals surface area (Å²) < 4.78 is 0.918. The number of rotatable bonds is 3. The van der Waals surface area contributed by atoms with E-state index in [1.54, 1.807) is 36.4 Å². The molecule has 0 atom stereocenters.